The SMILES string of the molecule is CCc1nn(-c2ccccc2)c2nc(C3CCN(C4CCNC4)CC3)[nH]c(=O)c12.Cl. The molecule has 0 bridgehead atoms. The summed E-state index contributed by atoms with van der Waals surface area (Å²) < 4.78 is 1.83. The third-order valence-electron chi connectivity index (χ3n) is 6.43. The number of aromatic nitrogens is 4. The van der Waals surface area contributed by atoms with E-state index in [9.17, 15) is 4.79 Å². The molecule has 5 rings (SSSR count). The first-order chi connectivity index (χ1) is 14.2. The highest BCUT2D eigenvalue weighted by atomic mass is 35.5. The zero-order valence-corrected chi connectivity index (χ0v) is 18.1. The Morgan fingerprint density at radius 1 is 1.13 bits per heavy atom. The summed E-state index contributed by atoms with van der Waals surface area (Å²) in [6, 6.07) is 10.6. The molecule has 2 saturated heterocycles. The number of H-pyrrole nitrogens is 1. The first kappa shape index (κ1) is 21.0. The maximum atomic E-state index is 13.0. The molecule has 0 spiro atoms. The van der Waals surface area contributed by atoms with Crippen molar-refractivity contribution in [2.75, 3.05) is 26.2 Å². The van der Waals surface area contributed by atoms with Crippen LogP contribution in [0.1, 0.15) is 43.6 Å². The Labute approximate surface area is 182 Å². The van der Waals surface area contributed by atoms with Gasteiger partial charge in [0.2, 0.25) is 0 Å². The van der Waals surface area contributed by atoms with E-state index in [2.05, 4.69) is 15.2 Å². The van der Waals surface area contributed by atoms with Crippen LogP contribution in [-0.2, 0) is 6.42 Å². The second-order valence-corrected chi connectivity index (χ2v) is 8.15. The minimum absolute atomic E-state index is 0. The van der Waals surface area contributed by atoms with Gasteiger partial charge in [-0.15, -0.1) is 12.4 Å². The highest BCUT2D eigenvalue weighted by molar-refractivity contribution is 5.85. The molecule has 160 valence electrons. The zero-order valence-electron chi connectivity index (χ0n) is 17.3. The predicted octanol–water partition coefficient (Wildman–Crippen LogP) is 2.63. The molecule has 7 nitrogen and oxygen atoms in total. The van der Waals surface area contributed by atoms with Crippen molar-refractivity contribution < 1.29 is 0 Å². The van der Waals surface area contributed by atoms with Crippen LogP contribution in [-0.4, -0.2) is 56.9 Å². The number of benzene rings is 1. The van der Waals surface area contributed by atoms with E-state index in [0.29, 0.717) is 29.4 Å². The summed E-state index contributed by atoms with van der Waals surface area (Å²) in [4.78, 5) is 23.6. The molecular weight excluding hydrogens is 400 g/mol. The van der Waals surface area contributed by atoms with Crippen LogP contribution in [0.2, 0.25) is 0 Å². The number of rotatable bonds is 4. The summed E-state index contributed by atoms with van der Waals surface area (Å²) in [6.45, 7) is 6.38. The average molecular weight is 429 g/mol. The second kappa shape index (κ2) is 8.88. The topological polar surface area (TPSA) is 78.8 Å². The van der Waals surface area contributed by atoms with E-state index in [-0.39, 0.29) is 18.0 Å². The molecule has 0 radical (unpaired) electrons. The van der Waals surface area contributed by atoms with Crippen LogP contribution >= 0.6 is 12.4 Å². The van der Waals surface area contributed by atoms with E-state index in [1.54, 1.807) is 0 Å². The van der Waals surface area contributed by atoms with Crippen molar-refractivity contribution in [3.05, 3.63) is 52.2 Å². The minimum Gasteiger partial charge on any atom is -0.315 e. The number of para-hydroxylation sites is 1. The largest absolute Gasteiger partial charge is 0.315 e. The molecule has 0 amide bonds. The number of piperidine rings is 1. The van der Waals surface area contributed by atoms with E-state index >= 15 is 0 Å². The lowest BCUT2D eigenvalue weighted by Gasteiger charge is -2.35. The Morgan fingerprint density at radius 3 is 2.57 bits per heavy atom. The third-order valence-corrected chi connectivity index (χ3v) is 6.43. The van der Waals surface area contributed by atoms with Gasteiger partial charge in [0.1, 0.15) is 11.2 Å². The maximum Gasteiger partial charge on any atom is 0.262 e. The Kier molecular flexibility index (Phi) is 6.22. The number of nitrogens with one attached hydrogen (secondary N) is 2. The lowest BCUT2D eigenvalue weighted by Crippen LogP contribution is -2.42. The van der Waals surface area contributed by atoms with E-state index in [4.69, 9.17) is 10.1 Å². The second-order valence-electron chi connectivity index (χ2n) is 8.15. The van der Waals surface area contributed by atoms with Crippen LogP contribution in [0.3, 0.4) is 0 Å². The van der Waals surface area contributed by atoms with Gasteiger partial charge in [0.25, 0.3) is 5.56 Å². The summed E-state index contributed by atoms with van der Waals surface area (Å²) in [5.41, 5.74) is 2.35. The number of fused-ring (bicyclic) bond motifs is 1. The highest BCUT2D eigenvalue weighted by Crippen LogP contribution is 2.28. The first-order valence-electron chi connectivity index (χ1n) is 10.8. The van der Waals surface area contributed by atoms with Crippen LogP contribution in [0.15, 0.2) is 35.1 Å². The normalized spacial score (nSPS) is 20.5. The third kappa shape index (κ3) is 3.77. The molecule has 0 saturated carbocycles. The molecule has 0 aliphatic carbocycles. The smallest absolute Gasteiger partial charge is 0.262 e. The standard InChI is InChI=1S/C22H28N6O.ClH/c1-2-18-19-21(28(26-18)16-6-4-3-5-7-16)24-20(25-22(19)29)15-9-12-27(13-10-15)17-8-11-23-14-17;/h3-7,15,17,23H,2,8-14H2,1H3,(H,24,25,29);1H. The number of likely N-dealkylation sites (tertiary alicyclic amines) is 1. The van der Waals surface area contributed by atoms with Crippen molar-refractivity contribution in [3.63, 3.8) is 0 Å². The fraction of sp³-hybridized carbons (Fsp3) is 0.500. The molecule has 30 heavy (non-hydrogen) atoms. The number of hydrogen-bond donors (Lipinski definition) is 2. The van der Waals surface area contributed by atoms with Crippen LogP contribution in [0.25, 0.3) is 16.7 Å². The van der Waals surface area contributed by atoms with Gasteiger partial charge in [-0.3, -0.25) is 9.69 Å². The quantitative estimate of drug-likeness (QED) is 0.667. The lowest BCUT2D eigenvalue weighted by molar-refractivity contribution is 0.159. The lowest BCUT2D eigenvalue weighted by atomic mass is 9.94. The number of halogens is 1. The van der Waals surface area contributed by atoms with Crippen molar-refractivity contribution in [3.8, 4) is 5.69 Å². The number of nitrogens with zero attached hydrogens (tertiary/aromatic N) is 4. The minimum atomic E-state index is -0.0635. The molecule has 2 fully saturated rings. The van der Waals surface area contributed by atoms with Gasteiger partial charge in [-0.2, -0.15) is 5.10 Å². The van der Waals surface area contributed by atoms with E-state index in [1.165, 1.54) is 6.42 Å². The van der Waals surface area contributed by atoms with Gasteiger partial charge in [0.05, 0.1) is 11.4 Å². The molecule has 2 aliphatic heterocycles. The highest BCUT2D eigenvalue weighted by Gasteiger charge is 2.29. The summed E-state index contributed by atoms with van der Waals surface area (Å²) in [5.74, 6) is 1.10. The van der Waals surface area contributed by atoms with Crippen LogP contribution < -0.4 is 10.9 Å². The van der Waals surface area contributed by atoms with E-state index < -0.39 is 0 Å². The Morgan fingerprint density at radius 2 is 1.90 bits per heavy atom. The molecule has 3 aromatic rings. The number of hydrogen-bond acceptors (Lipinski definition) is 5. The van der Waals surface area contributed by atoms with Gasteiger partial charge in [-0.05, 0) is 57.5 Å². The Hall–Kier alpha value is -2.22. The molecule has 8 heteroatoms. The number of aromatic amines is 1. The fourth-order valence-corrected chi connectivity index (χ4v) is 4.79. The molecule has 1 aromatic carbocycles. The predicted molar refractivity (Wildman–Crippen MR) is 121 cm³/mol. The van der Waals surface area contributed by atoms with Crippen LogP contribution in [0.5, 0.6) is 0 Å². The summed E-state index contributed by atoms with van der Waals surface area (Å²) in [6.07, 6.45) is 4.01. The summed E-state index contributed by atoms with van der Waals surface area (Å²) in [5, 5.41) is 8.79. The molecular formula is C22H29ClN6O. The van der Waals surface area contributed by atoms with E-state index in [0.717, 1.165) is 56.2 Å². The van der Waals surface area contributed by atoms with Crippen LogP contribution in [0, 0.1) is 0 Å². The molecule has 1 atom stereocenters. The average Bonchev–Trinajstić information content (AvgIpc) is 3.43. The number of aryl methyl sites for hydroxylation is 1. The van der Waals surface area contributed by atoms with Gasteiger partial charge in [-0.25, -0.2) is 9.67 Å². The summed E-state index contributed by atoms with van der Waals surface area (Å²) in [7, 11) is 0. The monoisotopic (exact) mass is 428 g/mol. The summed E-state index contributed by atoms with van der Waals surface area (Å²) >= 11 is 0. The van der Waals surface area contributed by atoms with Crippen molar-refractivity contribution in [1.29, 1.82) is 0 Å². The van der Waals surface area contributed by atoms with Crippen molar-refractivity contribution in [2.45, 2.75) is 44.6 Å². The van der Waals surface area contributed by atoms with Crippen LogP contribution in [0.4, 0.5) is 0 Å². The van der Waals surface area contributed by atoms with Gasteiger partial charge in [0, 0.05) is 18.5 Å². The zero-order chi connectivity index (χ0) is 19.8. The maximum absolute atomic E-state index is 13.0. The van der Waals surface area contributed by atoms with Crippen molar-refractivity contribution >= 4 is 23.4 Å². The first-order valence-corrected chi connectivity index (χ1v) is 10.8. The van der Waals surface area contributed by atoms with E-state index in [1.807, 2.05) is 41.9 Å². The van der Waals surface area contributed by atoms with Gasteiger partial charge >= 0.3 is 0 Å². The van der Waals surface area contributed by atoms with Gasteiger partial charge < -0.3 is 10.3 Å². The molecule has 2 N–H and O–H groups in total. The molecule has 2 aliphatic rings. The van der Waals surface area contributed by atoms with Gasteiger partial charge in [0.15, 0.2) is 5.65 Å². The molecule has 1 unspecified atom stereocenters. The Bertz CT molecular complexity index is 1050. The molecule has 4 heterocycles. The van der Waals surface area contributed by atoms with Gasteiger partial charge in [-0.1, -0.05) is 25.1 Å². The molecule has 2 aromatic heterocycles. The van der Waals surface area contributed by atoms with Crippen molar-refractivity contribution in [2.24, 2.45) is 0 Å². The van der Waals surface area contributed by atoms with Crippen molar-refractivity contribution in [1.82, 2.24) is 30.0 Å². The Balaban J connectivity index is 0.00000218. The fourth-order valence-electron chi connectivity index (χ4n) is 4.79.